The number of methoxy groups -OCH3 is 1. The number of carbonyl (C=O) groups is 1. The molecular weight excluding hydrogens is 426 g/mol. The smallest absolute Gasteiger partial charge is 0.252 e. The molecule has 0 saturated heterocycles. The van der Waals surface area contributed by atoms with Crippen molar-refractivity contribution in [2.45, 2.75) is 32.0 Å². The zero-order chi connectivity index (χ0) is 23.0. The van der Waals surface area contributed by atoms with Gasteiger partial charge < -0.3 is 24.3 Å². The Balaban J connectivity index is 1.68. The molecule has 2 N–H and O–H groups in total. The fourth-order valence-electron chi connectivity index (χ4n) is 6.03. The Bertz CT molecular complexity index is 1670. The molecule has 170 valence electrons. The van der Waals surface area contributed by atoms with Gasteiger partial charge in [0.2, 0.25) is 0 Å². The number of hydrogen-bond acceptors (Lipinski definition) is 3. The molecule has 7 rings (SSSR count). The van der Waals surface area contributed by atoms with Gasteiger partial charge in [0.25, 0.3) is 5.91 Å². The molecule has 2 aliphatic rings. The van der Waals surface area contributed by atoms with Crippen molar-refractivity contribution in [1.29, 1.82) is 0 Å². The third kappa shape index (κ3) is 2.51. The molecule has 0 bridgehead atoms. The van der Waals surface area contributed by atoms with Gasteiger partial charge >= 0.3 is 0 Å². The van der Waals surface area contributed by atoms with Crippen molar-refractivity contribution >= 4 is 49.5 Å². The van der Waals surface area contributed by atoms with Crippen molar-refractivity contribution in [2.75, 3.05) is 13.7 Å². The third-order valence-electron chi connectivity index (χ3n) is 7.39. The maximum Gasteiger partial charge on any atom is 0.252 e. The van der Waals surface area contributed by atoms with Gasteiger partial charge in [0.05, 0.1) is 41.4 Å². The largest absolute Gasteiger partial charge is 0.497 e. The number of amides is 1. The number of rotatable bonds is 4. The molecule has 1 unspecified atom stereocenters. The molecule has 6 nitrogen and oxygen atoms in total. The summed E-state index contributed by atoms with van der Waals surface area (Å²) in [5, 5.41) is 7.41. The highest BCUT2D eigenvalue weighted by Crippen LogP contribution is 2.46. The summed E-state index contributed by atoms with van der Waals surface area (Å²) in [5.74, 6) is 0.771. The minimum atomic E-state index is -0.0109. The molecule has 1 aliphatic heterocycles. The summed E-state index contributed by atoms with van der Waals surface area (Å²) in [5.41, 5.74) is 6.17. The van der Waals surface area contributed by atoms with Gasteiger partial charge in [-0.3, -0.25) is 4.79 Å². The lowest BCUT2D eigenvalue weighted by molar-refractivity contribution is 0.0911. The standard InChI is InChI=1S/C28H25N3O3/c1-3-34-17-9-8-15(12-17)31-22-11-10-16(33-2)13-19(22)24-25-20(14-29-28(25)32)23-18-6-4-5-7-21(18)30-26(23)27(24)31/h4-11,13,15,17,30H,3,12,14H2,1-2H3,(H,29,32)/t15?,17-/m1/s1. The summed E-state index contributed by atoms with van der Waals surface area (Å²) >= 11 is 0. The zero-order valence-electron chi connectivity index (χ0n) is 19.1. The average Bonchev–Trinajstić information content (AvgIpc) is 3.61. The summed E-state index contributed by atoms with van der Waals surface area (Å²) in [6.07, 6.45) is 5.36. The van der Waals surface area contributed by atoms with Crippen LogP contribution in [0, 0.1) is 0 Å². The number of fused-ring (bicyclic) bond motifs is 10. The van der Waals surface area contributed by atoms with Gasteiger partial charge in [-0.05, 0) is 36.8 Å². The third-order valence-corrected chi connectivity index (χ3v) is 7.39. The van der Waals surface area contributed by atoms with Crippen molar-refractivity contribution < 1.29 is 14.3 Å². The quantitative estimate of drug-likeness (QED) is 0.350. The van der Waals surface area contributed by atoms with Crippen LogP contribution in [-0.4, -0.2) is 35.3 Å². The minimum absolute atomic E-state index is 0.0109. The number of nitrogens with one attached hydrogen (secondary N) is 2. The number of aromatic nitrogens is 2. The molecule has 1 aliphatic carbocycles. The van der Waals surface area contributed by atoms with Crippen LogP contribution in [0.15, 0.2) is 54.6 Å². The van der Waals surface area contributed by atoms with E-state index in [4.69, 9.17) is 9.47 Å². The Labute approximate surface area is 196 Å². The van der Waals surface area contributed by atoms with E-state index in [1.807, 2.05) is 19.1 Å². The molecule has 3 heterocycles. The number of nitrogens with zero attached hydrogens (tertiary/aromatic N) is 1. The van der Waals surface area contributed by atoms with Crippen LogP contribution >= 0.6 is 0 Å². The molecule has 6 heteroatoms. The van der Waals surface area contributed by atoms with E-state index in [0.29, 0.717) is 13.2 Å². The van der Waals surface area contributed by atoms with Crippen LogP contribution in [0.4, 0.5) is 0 Å². The highest BCUT2D eigenvalue weighted by Gasteiger charge is 2.33. The molecular formula is C28H25N3O3. The van der Waals surface area contributed by atoms with E-state index in [9.17, 15) is 4.79 Å². The lowest BCUT2D eigenvalue weighted by Crippen LogP contribution is -2.13. The Morgan fingerprint density at radius 1 is 1.09 bits per heavy atom. The molecule has 0 spiro atoms. The molecule has 2 aromatic heterocycles. The first-order chi connectivity index (χ1) is 16.7. The van der Waals surface area contributed by atoms with E-state index in [0.717, 1.165) is 66.9 Å². The van der Waals surface area contributed by atoms with Gasteiger partial charge in [0.15, 0.2) is 0 Å². The van der Waals surface area contributed by atoms with Gasteiger partial charge in [0, 0.05) is 46.6 Å². The fourth-order valence-corrected chi connectivity index (χ4v) is 6.03. The van der Waals surface area contributed by atoms with Gasteiger partial charge in [-0.15, -0.1) is 0 Å². The Morgan fingerprint density at radius 3 is 2.82 bits per heavy atom. The van der Waals surface area contributed by atoms with E-state index in [1.165, 1.54) is 0 Å². The van der Waals surface area contributed by atoms with Crippen LogP contribution in [0.1, 0.15) is 35.3 Å². The van der Waals surface area contributed by atoms with Gasteiger partial charge in [-0.25, -0.2) is 0 Å². The molecule has 3 aromatic carbocycles. The summed E-state index contributed by atoms with van der Waals surface area (Å²) in [4.78, 5) is 17.0. The predicted octanol–water partition coefficient (Wildman–Crippen LogP) is 5.59. The van der Waals surface area contributed by atoms with E-state index >= 15 is 0 Å². The van der Waals surface area contributed by atoms with Crippen molar-refractivity contribution in [2.24, 2.45) is 0 Å². The van der Waals surface area contributed by atoms with Crippen LogP contribution in [0.5, 0.6) is 5.75 Å². The van der Waals surface area contributed by atoms with E-state index in [1.54, 1.807) is 7.11 Å². The van der Waals surface area contributed by atoms with Gasteiger partial charge in [-0.1, -0.05) is 30.4 Å². The van der Waals surface area contributed by atoms with Crippen LogP contribution < -0.4 is 10.1 Å². The predicted molar refractivity (Wildman–Crippen MR) is 135 cm³/mol. The zero-order valence-corrected chi connectivity index (χ0v) is 19.1. The number of para-hydroxylation sites is 1. The van der Waals surface area contributed by atoms with Crippen LogP contribution in [0.3, 0.4) is 0 Å². The van der Waals surface area contributed by atoms with Crippen molar-refractivity contribution in [3.63, 3.8) is 0 Å². The topological polar surface area (TPSA) is 68.3 Å². The molecule has 34 heavy (non-hydrogen) atoms. The second-order valence-electron chi connectivity index (χ2n) is 9.12. The Morgan fingerprint density at radius 2 is 1.97 bits per heavy atom. The first kappa shape index (κ1) is 19.7. The molecule has 1 amide bonds. The minimum Gasteiger partial charge on any atom is -0.497 e. The molecule has 0 saturated carbocycles. The molecule has 0 radical (unpaired) electrons. The van der Waals surface area contributed by atoms with Crippen molar-refractivity contribution in [3.05, 3.63) is 65.7 Å². The number of aromatic amines is 1. The summed E-state index contributed by atoms with van der Waals surface area (Å²) in [6, 6.07) is 14.7. The molecule has 0 fully saturated rings. The van der Waals surface area contributed by atoms with E-state index < -0.39 is 0 Å². The van der Waals surface area contributed by atoms with Crippen LogP contribution in [0.2, 0.25) is 0 Å². The highest BCUT2D eigenvalue weighted by atomic mass is 16.5. The number of allylic oxidation sites excluding steroid dienone is 1. The summed E-state index contributed by atoms with van der Waals surface area (Å²) in [7, 11) is 1.68. The van der Waals surface area contributed by atoms with Crippen LogP contribution in [0.25, 0.3) is 43.6 Å². The lowest BCUT2D eigenvalue weighted by atomic mass is 9.97. The maximum absolute atomic E-state index is 13.3. The second-order valence-corrected chi connectivity index (χ2v) is 9.12. The fraction of sp³-hybridized carbons (Fsp3) is 0.250. The lowest BCUT2D eigenvalue weighted by Gasteiger charge is -2.17. The normalized spacial score (nSPS) is 19.6. The number of benzene rings is 3. The van der Waals surface area contributed by atoms with Gasteiger partial charge in [-0.2, -0.15) is 0 Å². The monoisotopic (exact) mass is 451 g/mol. The van der Waals surface area contributed by atoms with E-state index in [2.05, 4.69) is 57.4 Å². The second kappa shape index (κ2) is 7.11. The summed E-state index contributed by atoms with van der Waals surface area (Å²) < 4.78 is 13.9. The first-order valence-corrected chi connectivity index (χ1v) is 11.8. The highest BCUT2D eigenvalue weighted by molar-refractivity contribution is 6.30. The Kier molecular flexibility index (Phi) is 4.12. The number of carbonyl (C=O) groups excluding carboxylic acids is 1. The Hall–Kier alpha value is -3.77. The van der Waals surface area contributed by atoms with Gasteiger partial charge in [0.1, 0.15) is 5.75 Å². The number of hydrogen-bond donors (Lipinski definition) is 2. The molecule has 5 aromatic rings. The average molecular weight is 452 g/mol. The molecule has 2 atom stereocenters. The van der Waals surface area contributed by atoms with Crippen LogP contribution in [-0.2, 0) is 11.3 Å². The van der Waals surface area contributed by atoms with Crippen molar-refractivity contribution in [3.8, 4) is 5.75 Å². The van der Waals surface area contributed by atoms with E-state index in [-0.39, 0.29) is 18.1 Å². The number of H-pyrrole nitrogens is 1. The summed E-state index contributed by atoms with van der Waals surface area (Å²) in [6.45, 7) is 3.25. The maximum atomic E-state index is 13.3. The number of ether oxygens (including phenoxy) is 2. The van der Waals surface area contributed by atoms with Crippen molar-refractivity contribution in [1.82, 2.24) is 14.9 Å². The SMILES string of the molecule is CCO[C@@H]1C=CC(n2c3ccc(OC)cc3c3c4c(c5c6ccccc6[nH]c5c32)CNC4=O)C1. The first-order valence-electron chi connectivity index (χ1n) is 11.8.